The minimum Gasteiger partial charge on any atom is -0.456 e. The molecule has 0 atom stereocenters. The molecule has 0 spiro atoms. The van der Waals surface area contributed by atoms with Crippen molar-refractivity contribution in [1.29, 1.82) is 0 Å². The Balaban J connectivity index is 1.22. The molecule has 6 aromatic carbocycles. The molecule has 3 aromatic heterocycles. The molecule has 0 saturated heterocycles. The molecule has 9 aromatic rings. The van der Waals surface area contributed by atoms with Crippen LogP contribution in [0.1, 0.15) is 4.88 Å². The lowest BCUT2D eigenvalue weighted by Crippen LogP contribution is -2.19. The minimum atomic E-state index is 0.763. The molecular formula is C39H24N2OS2. The Morgan fingerprint density at radius 2 is 1.25 bits per heavy atom. The van der Waals surface area contributed by atoms with Gasteiger partial charge in [0.2, 0.25) is 0 Å². The van der Waals surface area contributed by atoms with Gasteiger partial charge in [-0.05, 0) is 71.4 Å². The molecule has 0 radical (unpaired) electrons. The van der Waals surface area contributed by atoms with Crippen molar-refractivity contribution in [1.82, 2.24) is 0 Å². The molecule has 1 aliphatic heterocycles. The van der Waals surface area contributed by atoms with Gasteiger partial charge in [0.15, 0.2) is 0 Å². The van der Waals surface area contributed by atoms with E-state index in [0.717, 1.165) is 39.9 Å². The van der Waals surface area contributed by atoms with Crippen LogP contribution in [0.15, 0.2) is 132 Å². The molecule has 0 fully saturated rings. The first-order chi connectivity index (χ1) is 21.8. The SMILES string of the molecule is C1=C(N(c2ccc3c(c2)sc2ccccc23)c2ccc3oc4ccccc4c3c2)c2sc3cc4ccccc4cc3c2NC1. The van der Waals surface area contributed by atoms with E-state index >= 15 is 0 Å². The summed E-state index contributed by atoms with van der Waals surface area (Å²) in [5.41, 5.74) is 6.51. The van der Waals surface area contributed by atoms with Gasteiger partial charge in [-0.3, -0.25) is 0 Å². The second-order valence-electron chi connectivity index (χ2n) is 11.4. The van der Waals surface area contributed by atoms with Gasteiger partial charge in [-0.15, -0.1) is 22.7 Å². The Labute approximate surface area is 260 Å². The molecule has 208 valence electrons. The van der Waals surface area contributed by atoms with Crippen LogP contribution < -0.4 is 10.2 Å². The van der Waals surface area contributed by atoms with Crippen molar-refractivity contribution in [3.63, 3.8) is 0 Å². The predicted octanol–water partition coefficient (Wildman–Crippen LogP) is 11.9. The van der Waals surface area contributed by atoms with Gasteiger partial charge in [0, 0.05) is 59.0 Å². The number of furan rings is 1. The second-order valence-corrected chi connectivity index (χ2v) is 13.5. The fraction of sp³-hybridized carbons (Fsp3) is 0.0256. The van der Waals surface area contributed by atoms with E-state index in [0.29, 0.717) is 0 Å². The number of hydrogen-bond acceptors (Lipinski definition) is 5. The van der Waals surface area contributed by atoms with Gasteiger partial charge >= 0.3 is 0 Å². The van der Waals surface area contributed by atoms with Crippen molar-refractivity contribution in [2.45, 2.75) is 0 Å². The van der Waals surface area contributed by atoms with Crippen molar-refractivity contribution in [2.24, 2.45) is 0 Å². The van der Waals surface area contributed by atoms with Gasteiger partial charge in [0.25, 0.3) is 0 Å². The van der Waals surface area contributed by atoms with E-state index in [2.05, 4.69) is 125 Å². The third kappa shape index (κ3) is 3.54. The quantitative estimate of drug-likeness (QED) is 0.219. The van der Waals surface area contributed by atoms with Crippen molar-refractivity contribution in [2.75, 3.05) is 16.8 Å². The summed E-state index contributed by atoms with van der Waals surface area (Å²) in [6.45, 7) is 0.763. The summed E-state index contributed by atoms with van der Waals surface area (Å²) in [4.78, 5) is 3.70. The van der Waals surface area contributed by atoms with Crippen LogP contribution in [-0.2, 0) is 0 Å². The number of nitrogens with zero attached hydrogens (tertiary/aromatic N) is 1. The number of para-hydroxylation sites is 1. The van der Waals surface area contributed by atoms with E-state index < -0.39 is 0 Å². The molecule has 1 N–H and O–H groups in total. The van der Waals surface area contributed by atoms with E-state index in [4.69, 9.17) is 4.42 Å². The van der Waals surface area contributed by atoms with Gasteiger partial charge in [-0.25, -0.2) is 0 Å². The molecule has 3 nitrogen and oxygen atoms in total. The molecule has 0 aliphatic carbocycles. The van der Waals surface area contributed by atoms with Crippen LogP contribution in [0.5, 0.6) is 0 Å². The summed E-state index contributed by atoms with van der Waals surface area (Å²) in [5, 5.41) is 12.4. The Hall–Kier alpha value is -5.10. The third-order valence-electron chi connectivity index (χ3n) is 8.84. The largest absolute Gasteiger partial charge is 0.456 e. The zero-order valence-corrected chi connectivity index (χ0v) is 25.1. The highest BCUT2D eigenvalue weighted by atomic mass is 32.1. The van der Waals surface area contributed by atoms with E-state index in [9.17, 15) is 0 Å². The fourth-order valence-corrected chi connectivity index (χ4v) is 9.19. The summed E-state index contributed by atoms with van der Waals surface area (Å²) in [6, 6.07) is 43.9. The van der Waals surface area contributed by atoms with Gasteiger partial charge in [0.05, 0.1) is 16.3 Å². The molecule has 0 unspecified atom stereocenters. The average Bonchev–Trinajstić information content (AvgIpc) is 3.74. The predicted molar refractivity (Wildman–Crippen MR) is 191 cm³/mol. The summed E-state index contributed by atoms with van der Waals surface area (Å²) in [5.74, 6) is 0. The van der Waals surface area contributed by atoms with Crippen LogP contribution in [0.2, 0.25) is 0 Å². The molecule has 0 saturated carbocycles. The van der Waals surface area contributed by atoms with Crippen LogP contribution in [0.3, 0.4) is 0 Å². The lowest BCUT2D eigenvalue weighted by atomic mass is 10.0. The zero-order valence-electron chi connectivity index (χ0n) is 23.5. The smallest absolute Gasteiger partial charge is 0.135 e. The topological polar surface area (TPSA) is 28.4 Å². The maximum atomic E-state index is 6.22. The number of anilines is 3. The van der Waals surface area contributed by atoms with Gasteiger partial charge in [-0.1, -0.05) is 66.7 Å². The second kappa shape index (κ2) is 9.20. The normalized spacial score (nSPS) is 13.2. The summed E-state index contributed by atoms with van der Waals surface area (Å²) < 4.78 is 10.1. The number of thiophene rings is 2. The first-order valence-corrected chi connectivity index (χ1v) is 16.4. The molecule has 10 rings (SSSR count). The molecule has 0 amide bonds. The van der Waals surface area contributed by atoms with Crippen molar-refractivity contribution in [3.05, 3.63) is 132 Å². The van der Waals surface area contributed by atoms with Crippen molar-refractivity contribution in [3.8, 4) is 0 Å². The first kappa shape index (κ1) is 24.4. The Morgan fingerprint density at radius 3 is 2.18 bits per heavy atom. The minimum absolute atomic E-state index is 0.763. The van der Waals surface area contributed by atoms with Crippen LogP contribution in [0.4, 0.5) is 17.1 Å². The fourth-order valence-electron chi connectivity index (χ4n) is 6.81. The Morgan fingerprint density at radius 1 is 0.545 bits per heavy atom. The number of fused-ring (bicyclic) bond motifs is 10. The monoisotopic (exact) mass is 600 g/mol. The molecular weight excluding hydrogens is 577 g/mol. The van der Waals surface area contributed by atoms with Crippen LogP contribution in [0.25, 0.3) is 68.7 Å². The van der Waals surface area contributed by atoms with Gasteiger partial charge in [-0.2, -0.15) is 0 Å². The average molecular weight is 601 g/mol. The summed E-state index contributed by atoms with van der Waals surface area (Å²) in [6.07, 6.45) is 2.34. The first-order valence-electron chi connectivity index (χ1n) is 14.8. The molecule has 1 aliphatic rings. The highest BCUT2D eigenvalue weighted by molar-refractivity contribution is 7.25. The van der Waals surface area contributed by atoms with E-state index in [1.165, 1.54) is 57.3 Å². The van der Waals surface area contributed by atoms with Crippen molar-refractivity contribution < 1.29 is 4.42 Å². The molecule has 5 heteroatoms. The molecule has 0 bridgehead atoms. The zero-order chi connectivity index (χ0) is 28.8. The number of hydrogen-bond donors (Lipinski definition) is 1. The maximum absolute atomic E-state index is 6.22. The summed E-state index contributed by atoms with van der Waals surface area (Å²) in [7, 11) is 0. The lowest BCUT2D eigenvalue weighted by Gasteiger charge is -2.30. The van der Waals surface area contributed by atoms with E-state index in [1.54, 1.807) is 0 Å². The maximum Gasteiger partial charge on any atom is 0.135 e. The number of nitrogens with one attached hydrogen (secondary N) is 1. The van der Waals surface area contributed by atoms with Crippen LogP contribution >= 0.6 is 22.7 Å². The van der Waals surface area contributed by atoms with Crippen LogP contribution in [-0.4, -0.2) is 6.54 Å². The lowest BCUT2D eigenvalue weighted by molar-refractivity contribution is 0.669. The highest BCUT2D eigenvalue weighted by Gasteiger charge is 2.26. The summed E-state index contributed by atoms with van der Waals surface area (Å²) >= 11 is 3.73. The Kier molecular flexibility index (Phi) is 5.09. The number of benzene rings is 6. The highest BCUT2D eigenvalue weighted by Crippen LogP contribution is 2.48. The van der Waals surface area contributed by atoms with E-state index in [1.807, 2.05) is 34.8 Å². The van der Waals surface area contributed by atoms with Gasteiger partial charge < -0.3 is 14.6 Å². The van der Waals surface area contributed by atoms with Gasteiger partial charge in [0.1, 0.15) is 11.2 Å². The van der Waals surface area contributed by atoms with E-state index in [-0.39, 0.29) is 0 Å². The standard InChI is InChI=1S/C39H24N2OS2/c1-2-8-24-20-36-31(19-23(24)7-1)38-39(44-36)32(17-18-40-38)41(25-14-16-34-30(21-25)27-9-3-5-11-33(27)42-34)26-13-15-29-28-10-4-6-12-35(28)43-37(29)22-26/h1-17,19-22,40H,18H2. The number of rotatable bonds is 3. The Bertz CT molecular complexity index is 2640. The van der Waals surface area contributed by atoms with Crippen LogP contribution in [0, 0.1) is 0 Å². The third-order valence-corrected chi connectivity index (χ3v) is 11.2. The molecule has 44 heavy (non-hydrogen) atoms. The molecule has 4 heterocycles. The van der Waals surface area contributed by atoms with Crippen molar-refractivity contribution >= 4 is 108 Å².